The van der Waals surface area contributed by atoms with Crippen molar-refractivity contribution >= 4 is 5.97 Å². The van der Waals surface area contributed by atoms with Gasteiger partial charge in [-0.15, -0.1) is 0 Å². The van der Waals surface area contributed by atoms with Gasteiger partial charge in [0.25, 0.3) is 5.79 Å². The molecule has 2 aliphatic heterocycles. The molecule has 2 aromatic carbocycles. The zero-order chi connectivity index (χ0) is 19.7. The van der Waals surface area contributed by atoms with Crippen LogP contribution in [-0.2, 0) is 31.5 Å². The summed E-state index contributed by atoms with van der Waals surface area (Å²) in [6, 6.07) is 14.6. The zero-order valence-corrected chi connectivity index (χ0v) is 15.6. The largest absolute Gasteiger partial charge is 0.497 e. The molecule has 0 radical (unpaired) electrons. The van der Waals surface area contributed by atoms with Gasteiger partial charge < -0.3 is 19.5 Å². The number of methoxy groups -OCH3 is 1. The maximum Gasteiger partial charge on any atom is 0.345 e. The maximum atomic E-state index is 12.7. The minimum atomic E-state index is -1.91. The molecule has 0 saturated carbocycles. The van der Waals surface area contributed by atoms with E-state index in [0.29, 0.717) is 23.3 Å². The number of hydrogen-bond acceptors (Lipinski definition) is 6. The van der Waals surface area contributed by atoms with Crippen molar-refractivity contribution < 1.29 is 29.1 Å². The van der Waals surface area contributed by atoms with Crippen molar-refractivity contribution in [2.45, 2.75) is 19.1 Å². The molecule has 28 heavy (non-hydrogen) atoms. The molecule has 0 fully saturated rings. The molecule has 0 aromatic heterocycles. The van der Waals surface area contributed by atoms with Crippen LogP contribution in [0.1, 0.15) is 16.7 Å². The lowest BCUT2D eigenvalue weighted by atomic mass is 9.89. The zero-order valence-electron chi connectivity index (χ0n) is 15.6. The van der Waals surface area contributed by atoms with Crippen molar-refractivity contribution in [3.05, 3.63) is 88.2 Å². The summed E-state index contributed by atoms with van der Waals surface area (Å²) in [6.07, 6.45) is 1.96. The summed E-state index contributed by atoms with van der Waals surface area (Å²) in [5.41, 5.74) is 3.05. The van der Waals surface area contributed by atoms with Crippen molar-refractivity contribution in [2.24, 2.45) is 0 Å². The van der Waals surface area contributed by atoms with Gasteiger partial charge in [-0.3, -0.25) is 0 Å². The van der Waals surface area contributed by atoms with Gasteiger partial charge in [0.15, 0.2) is 5.76 Å². The van der Waals surface area contributed by atoms with Gasteiger partial charge in [-0.05, 0) is 42.8 Å². The predicted octanol–water partition coefficient (Wildman–Crippen LogP) is 3.09. The van der Waals surface area contributed by atoms with Crippen molar-refractivity contribution in [1.29, 1.82) is 0 Å². The van der Waals surface area contributed by atoms with Crippen LogP contribution < -0.4 is 4.74 Å². The van der Waals surface area contributed by atoms with Gasteiger partial charge in [0.05, 0.1) is 7.11 Å². The molecule has 144 valence electrons. The lowest BCUT2D eigenvalue weighted by Crippen LogP contribution is -2.29. The molecule has 2 heterocycles. The summed E-state index contributed by atoms with van der Waals surface area (Å²) in [5.74, 6) is -1.67. The Labute approximate surface area is 162 Å². The molecule has 6 heteroatoms. The van der Waals surface area contributed by atoms with E-state index in [9.17, 15) is 9.90 Å². The Kier molecular flexibility index (Phi) is 4.66. The average molecular weight is 380 g/mol. The van der Waals surface area contributed by atoms with Crippen molar-refractivity contribution in [2.75, 3.05) is 13.7 Å². The van der Waals surface area contributed by atoms with Crippen LogP contribution in [0, 0.1) is 6.92 Å². The van der Waals surface area contributed by atoms with Gasteiger partial charge in [-0.25, -0.2) is 4.79 Å². The fraction of sp³-hybridized carbons (Fsp3) is 0.227. The molecule has 0 spiro atoms. The van der Waals surface area contributed by atoms with E-state index < -0.39 is 11.8 Å². The van der Waals surface area contributed by atoms with Gasteiger partial charge in [0, 0.05) is 17.6 Å². The van der Waals surface area contributed by atoms with Gasteiger partial charge in [-0.2, -0.15) is 4.89 Å². The van der Waals surface area contributed by atoms with Gasteiger partial charge >= 0.3 is 5.97 Å². The Morgan fingerprint density at radius 2 is 1.96 bits per heavy atom. The van der Waals surface area contributed by atoms with Crippen LogP contribution >= 0.6 is 0 Å². The smallest absolute Gasteiger partial charge is 0.345 e. The van der Waals surface area contributed by atoms with E-state index in [1.165, 1.54) is 0 Å². The third-order valence-corrected chi connectivity index (χ3v) is 4.83. The average Bonchev–Trinajstić information content (AvgIpc) is 3.29. The van der Waals surface area contributed by atoms with Gasteiger partial charge in [-0.1, -0.05) is 29.8 Å². The maximum absolute atomic E-state index is 12.7. The number of benzene rings is 2. The Morgan fingerprint density at radius 3 is 2.61 bits per heavy atom. The molecule has 0 saturated heterocycles. The standard InChI is InChI=1S/C22H20O6/c1-14-4-3-5-15(12-14)13-18-20(19-10-11-26-28-19)21(23)27-22(18,24)16-6-8-17(25-2)9-7-16/h3-10,12,24H,11,13H2,1-2H3. The van der Waals surface area contributed by atoms with Crippen molar-refractivity contribution in [3.8, 4) is 5.75 Å². The molecule has 2 aliphatic rings. The first kappa shape index (κ1) is 18.3. The Morgan fingerprint density at radius 1 is 1.18 bits per heavy atom. The first-order valence-corrected chi connectivity index (χ1v) is 8.90. The summed E-state index contributed by atoms with van der Waals surface area (Å²) in [5, 5.41) is 11.5. The van der Waals surface area contributed by atoms with Crippen LogP contribution in [-0.4, -0.2) is 24.8 Å². The number of carbonyl (C=O) groups excluding carboxylic acids is 1. The van der Waals surface area contributed by atoms with E-state index >= 15 is 0 Å². The van der Waals surface area contributed by atoms with Crippen LogP contribution in [0.25, 0.3) is 0 Å². The molecule has 2 aromatic rings. The van der Waals surface area contributed by atoms with E-state index in [-0.39, 0.29) is 17.9 Å². The van der Waals surface area contributed by atoms with E-state index in [4.69, 9.17) is 19.2 Å². The highest BCUT2D eigenvalue weighted by Gasteiger charge is 2.49. The first-order valence-electron chi connectivity index (χ1n) is 8.90. The highest BCUT2D eigenvalue weighted by Crippen LogP contribution is 2.44. The van der Waals surface area contributed by atoms with Crippen molar-refractivity contribution in [1.82, 2.24) is 0 Å². The first-order chi connectivity index (χ1) is 13.5. The topological polar surface area (TPSA) is 74.2 Å². The quantitative estimate of drug-likeness (QED) is 0.635. The van der Waals surface area contributed by atoms with Gasteiger partial charge in [0.2, 0.25) is 0 Å². The van der Waals surface area contributed by atoms with Crippen molar-refractivity contribution in [3.63, 3.8) is 0 Å². The molecule has 4 rings (SSSR count). The minimum absolute atomic E-state index is 0.192. The minimum Gasteiger partial charge on any atom is -0.497 e. The SMILES string of the molecule is COc1ccc(C2(O)OC(=O)C(C3=CCOO3)=C2Cc2cccc(C)c2)cc1. The third kappa shape index (κ3) is 3.17. The van der Waals surface area contributed by atoms with Crippen LogP contribution in [0.3, 0.4) is 0 Å². The van der Waals surface area contributed by atoms with Gasteiger partial charge in [0.1, 0.15) is 17.9 Å². The second-order valence-corrected chi connectivity index (χ2v) is 6.72. The summed E-state index contributed by atoms with van der Waals surface area (Å²) in [4.78, 5) is 22.7. The highest BCUT2D eigenvalue weighted by atomic mass is 17.2. The fourth-order valence-corrected chi connectivity index (χ4v) is 3.46. The van der Waals surface area contributed by atoms with Crippen LogP contribution in [0.4, 0.5) is 0 Å². The second kappa shape index (κ2) is 7.14. The van der Waals surface area contributed by atoms with E-state index in [1.807, 2.05) is 31.2 Å². The van der Waals surface area contributed by atoms with Crippen LogP contribution in [0.2, 0.25) is 0 Å². The number of carbonyl (C=O) groups is 1. The summed E-state index contributed by atoms with van der Waals surface area (Å²) in [6.45, 7) is 2.21. The summed E-state index contributed by atoms with van der Waals surface area (Å²) >= 11 is 0. The molecular formula is C22H20O6. The molecule has 0 amide bonds. The lowest BCUT2D eigenvalue weighted by molar-refractivity contribution is -0.231. The molecule has 6 nitrogen and oxygen atoms in total. The Balaban J connectivity index is 1.83. The summed E-state index contributed by atoms with van der Waals surface area (Å²) in [7, 11) is 1.56. The lowest BCUT2D eigenvalue weighted by Gasteiger charge is -2.26. The number of aryl methyl sites for hydroxylation is 1. The fourth-order valence-electron chi connectivity index (χ4n) is 3.46. The predicted molar refractivity (Wildman–Crippen MR) is 100 cm³/mol. The number of aliphatic hydroxyl groups is 1. The molecule has 1 unspecified atom stereocenters. The molecule has 0 bridgehead atoms. The highest BCUT2D eigenvalue weighted by molar-refractivity contribution is 5.97. The molecular weight excluding hydrogens is 360 g/mol. The Bertz CT molecular complexity index is 973. The number of hydrogen-bond donors (Lipinski definition) is 1. The number of esters is 1. The number of rotatable bonds is 5. The molecule has 0 aliphatic carbocycles. The molecule has 1 atom stereocenters. The third-order valence-electron chi connectivity index (χ3n) is 4.83. The monoisotopic (exact) mass is 380 g/mol. The summed E-state index contributed by atoms with van der Waals surface area (Å²) < 4.78 is 10.7. The Hall–Kier alpha value is -3.09. The normalized spacial score (nSPS) is 21.4. The van der Waals surface area contributed by atoms with E-state index in [1.54, 1.807) is 37.5 Å². The van der Waals surface area contributed by atoms with Crippen LogP contribution in [0.5, 0.6) is 5.75 Å². The number of cyclic esters (lactones) is 1. The van der Waals surface area contributed by atoms with E-state index in [0.717, 1.165) is 11.1 Å². The number of ether oxygens (including phenoxy) is 2. The molecule has 1 N–H and O–H groups in total. The van der Waals surface area contributed by atoms with E-state index in [2.05, 4.69) is 0 Å². The van der Waals surface area contributed by atoms with Crippen LogP contribution in [0.15, 0.2) is 71.5 Å². The second-order valence-electron chi connectivity index (χ2n) is 6.72.